The minimum atomic E-state index is -1.29. The predicted molar refractivity (Wildman–Crippen MR) is 131 cm³/mol. The number of anilines is 1. The molecule has 4 aliphatic heterocycles. The lowest BCUT2D eigenvalue weighted by Gasteiger charge is -2.38. The van der Waals surface area contributed by atoms with E-state index < -0.39 is 29.1 Å². The van der Waals surface area contributed by atoms with Gasteiger partial charge in [0.2, 0.25) is 11.8 Å². The third kappa shape index (κ3) is 3.45. The van der Waals surface area contributed by atoms with Crippen molar-refractivity contribution in [2.45, 2.75) is 37.0 Å². The van der Waals surface area contributed by atoms with Crippen LogP contribution in [0.3, 0.4) is 0 Å². The third-order valence-corrected chi connectivity index (χ3v) is 8.09. The van der Waals surface area contributed by atoms with Crippen LogP contribution in [-0.2, 0) is 19.1 Å². The highest BCUT2D eigenvalue weighted by Gasteiger charge is 2.75. The van der Waals surface area contributed by atoms with Gasteiger partial charge in [-0.25, -0.2) is 0 Å². The zero-order chi connectivity index (χ0) is 25.0. The molecule has 9 heteroatoms. The summed E-state index contributed by atoms with van der Waals surface area (Å²) in [4.78, 5) is 46.6. The van der Waals surface area contributed by atoms with E-state index in [2.05, 4.69) is 0 Å². The van der Waals surface area contributed by atoms with E-state index in [4.69, 9.17) is 16.3 Å². The fraction of sp³-hybridized carbons (Fsp3) is 0.500. The molecule has 1 aromatic carbocycles. The van der Waals surface area contributed by atoms with E-state index >= 15 is 0 Å². The topological polar surface area (TPSA) is 90.4 Å². The molecule has 0 saturated carbocycles. The Morgan fingerprint density at radius 1 is 1.03 bits per heavy atom. The minimum Gasteiger partial charge on any atom is -0.396 e. The monoisotopic (exact) mass is 499 g/mol. The molecule has 4 heterocycles. The number of carbonyl (C=O) groups is 3. The second kappa shape index (κ2) is 8.76. The number of rotatable bonds is 5. The molecule has 2 fully saturated rings. The van der Waals surface area contributed by atoms with Gasteiger partial charge in [-0.1, -0.05) is 42.8 Å². The van der Waals surface area contributed by atoms with Gasteiger partial charge in [0.1, 0.15) is 11.6 Å². The molecule has 5 atom stereocenters. The van der Waals surface area contributed by atoms with Crippen molar-refractivity contribution in [3.05, 3.63) is 53.6 Å². The molecule has 1 N–H and O–H groups in total. The van der Waals surface area contributed by atoms with Crippen molar-refractivity contribution in [1.82, 2.24) is 9.80 Å². The first-order chi connectivity index (χ1) is 16.8. The Hall–Kier alpha value is -2.68. The summed E-state index contributed by atoms with van der Waals surface area (Å²) in [5.74, 6) is -2.30. The number of benzene rings is 1. The second-order valence-corrected chi connectivity index (χ2v) is 10.1. The van der Waals surface area contributed by atoms with Gasteiger partial charge in [-0.2, -0.15) is 0 Å². The highest BCUT2D eigenvalue weighted by Crippen LogP contribution is 2.58. The largest absolute Gasteiger partial charge is 0.396 e. The van der Waals surface area contributed by atoms with Gasteiger partial charge in [0, 0.05) is 44.0 Å². The molecule has 3 amide bonds. The summed E-state index contributed by atoms with van der Waals surface area (Å²) in [7, 11) is 1.72. The van der Waals surface area contributed by atoms with E-state index in [0.717, 1.165) is 0 Å². The Bertz CT molecular complexity index is 1100. The Morgan fingerprint density at radius 2 is 1.74 bits per heavy atom. The van der Waals surface area contributed by atoms with E-state index in [1.165, 1.54) is 4.90 Å². The molecular formula is C26H30ClN3O5. The third-order valence-electron chi connectivity index (χ3n) is 7.84. The fourth-order valence-electron chi connectivity index (χ4n) is 6.22. The van der Waals surface area contributed by atoms with Gasteiger partial charge in [0.25, 0.3) is 5.91 Å². The summed E-state index contributed by atoms with van der Waals surface area (Å²) in [6.45, 7) is 2.75. The first kappa shape index (κ1) is 24.0. The van der Waals surface area contributed by atoms with Gasteiger partial charge in [-0.15, -0.1) is 0 Å². The molecule has 0 aliphatic carbocycles. The van der Waals surface area contributed by atoms with Gasteiger partial charge in [0.05, 0.1) is 17.4 Å². The van der Waals surface area contributed by atoms with Crippen LogP contribution in [0.1, 0.15) is 19.8 Å². The van der Waals surface area contributed by atoms with Crippen LogP contribution < -0.4 is 4.90 Å². The molecule has 186 valence electrons. The van der Waals surface area contributed by atoms with E-state index in [0.29, 0.717) is 36.6 Å². The summed E-state index contributed by atoms with van der Waals surface area (Å²) >= 11 is 6.06. The average Bonchev–Trinajstić information content (AvgIpc) is 3.14. The van der Waals surface area contributed by atoms with Crippen molar-refractivity contribution < 1.29 is 24.2 Å². The van der Waals surface area contributed by atoms with Gasteiger partial charge in [-0.3, -0.25) is 14.4 Å². The maximum Gasteiger partial charge on any atom is 0.253 e. The van der Waals surface area contributed by atoms with Crippen molar-refractivity contribution in [3.63, 3.8) is 0 Å². The molecule has 2 saturated heterocycles. The summed E-state index contributed by atoms with van der Waals surface area (Å²) < 4.78 is 6.84. The number of aliphatic hydroxyl groups excluding tert-OH is 1. The van der Waals surface area contributed by atoms with E-state index in [-0.39, 0.29) is 30.9 Å². The molecule has 0 radical (unpaired) electrons. The van der Waals surface area contributed by atoms with Crippen molar-refractivity contribution in [1.29, 1.82) is 0 Å². The lowest BCUT2D eigenvalue weighted by Crippen LogP contribution is -2.56. The SMILES string of the molecule is CC[C@@]12C=CCN(C)C(=O)[C@@H]1[C@H]1C(=O)N(CCCO)C3C(=O)N(c4ccc(Cl)cc4)CC=C[C@@]31O2. The number of aliphatic hydroxyl groups is 1. The zero-order valence-corrected chi connectivity index (χ0v) is 20.6. The number of halogens is 1. The van der Waals surface area contributed by atoms with Crippen LogP contribution in [0.25, 0.3) is 0 Å². The highest BCUT2D eigenvalue weighted by molar-refractivity contribution is 6.30. The Kier molecular flexibility index (Phi) is 6.02. The first-order valence-electron chi connectivity index (χ1n) is 12.1. The van der Waals surface area contributed by atoms with E-state index in [1.807, 2.05) is 31.2 Å². The number of fused-ring (bicyclic) bond motifs is 2. The molecule has 8 nitrogen and oxygen atoms in total. The van der Waals surface area contributed by atoms with Gasteiger partial charge in [0.15, 0.2) is 0 Å². The number of likely N-dealkylation sites (tertiary alicyclic amines) is 1. The summed E-state index contributed by atoms with van der Waals surface area (Å²) in [5, 5.41) is 10.1. The predicted octanol–water partition coefficient (Wildman–Crippen LogP) is 2.01. The van der Waals surface area contributed by atoms with Crippen molar-refractivity contribution in [2.24, 2.45) is 11.8 Å². The van der Waals surface area contributed by atoms with Crippen LogP contribution in [0, 0.1) is 11.8 Å². The molecule has 0 bridgehead atoms. The lowest BCUT2D eigenvalue weighted by molar-refractivity contribution is -0.149. The van der Waals surface area contributed by atoms with Crippen LogP contribution in [0.2, 0.25) is 5.02 Å². The maximum absolute atomic E-state index is 14.2. The van der Waals surface area contributed by atoms with E-state index in [1.54, 1.807) is 41.1 Å². The van der Waals surface area contributed by atoms with Gasteiger partial charge >= 0.3 is 0 Å². The summed E-state index contributed by atoms with van der Waals surface area (Å²) in [6, 6.07) is 6.02. The number of carbonyl (C=O) groups excluding carboxylic acids is 3. The maximum atomic E-state index is 14.2. The van der Waals surface area contributed by atoms with Crippen LogP contribution in [0.5, 0.6) is 0 Å². The normalized spacial score (nSPS) is 34.1. The molecule has 0 aromatic heterocycles. The molecule has 1 unspecified atom stereocenters. The smallest absolute Gasteiger partial charge is 0.253 e. The average molecular weight is 500 g/mol. The first-order valence-corrected chi connectivity index (χ1v) is 12.5. The van der Waals surface area contributed by atoms with Crippen molar-refractivity contribution >= 4 is 35.0 Å². The fourth-order valence-corrected chi connectivity index (χ4v) is 6.34. The molecule has 1 aromatic rings. The Labute approximate surface area is 209 Å². The van der Waals surface area contributed by atoms with Gasteiger partial charge in [-0.05, 0) is 37.1 Å². The lowest BCUT2D eigenvalue weighted by atomic mass is 9.73. The Morgan fingerprint density at radius 3 is 2.43 bits per heavy atom. The van der Waals surface area contributed by atoms with Gasteiger partial charge < -0.3 is 24.5 Å². The quantitative estimate of drug-likeness (QED) is 0.626. The number of nitrogens with zero attached hydrogens (tertiary/aromatic N) is 3. The van der Waals surface area contributed by atoms with Crippen LogP contribution in [0.15, 0.2) is 48.6 Å². The van der Waals surface area contributed by atoms with Crippen molar-refractivity contribution in [2.75, 3.05) is 38.2 Å². The van der Waals surface area contributed by atoms with Crippen LogP contribution in [-0.4, -0.2) is 83.2 Å². The van der Waals surface area contributed by atoms with Crippen LogP contribution in [0.4, 0.5) is 5.69 Å². The zero-order valence-electron chi connectivity index (χ0n) is 19.9. The molecule has 1 spiro atoms. The minimum absolute atomic E-state index is 0.118. The Balaban J connectivity index is 1.66. The molecule has 35 heavy (non-hydrogen) atoms. The highest BCUT2D eigenvalue weighted by atomic mass is 35.5. The number of amides is 3. The van der Waals surface area contributed by atoms with E-state index in [9.17, 15) is 19.5 Å². The second-order valence-electron chi connectivity index (χ2n) is 9.68. The summed E-state index contributed by atoms with van der Waals surface area (Å²) in [6.07, 6.45) is 8.32. The number of likely N-dealkylation sites (N-methyl/N-ethyl adjacent to an activating group) is 1. The molecule has 4 aliphatic rings. The van der Waals surface area contributed by atoms with Crippen molar-refractivity contribution in [3.8, 4) is 0 Å². The number of ether oxygens (including phenoxy) is 1. The molecular weight excluding hydrogens is 470 g/mol. The van der Waals surface area contributed by atoms with Crippen LogP contribution >= 0.6 is 11.6 Å². The number of hydrogen-bond acceptors (Lipinski definition) is 5. The number of hydrogen-bond donors (Lipinski definition) is 1. The summed E-state index contributed by atoms with van der Waals surface area (Å²) in [5.41, 5.74) is -1.61. The molecule has 5 rings (SSSR count). The standard InChI is InChI=1S/C26H30ClN3O5/c1-3-25-11-4-13-28(2)22(32)19(25)20-23(33)30(15-6-16-31)21-24(34)29(14-5-12-26(20,21)35-25)18-9-7-17(27)8-10-18/h4-5,7-12,19-21,31H,3,6,13-16H2,1-2H3/t19-,20-,21?,25+,26-/m0/s1.